The molecular formula is C76H72BN3O. The van der Waals surface area contributed by atoms with Gasteiger partial charge in [0.15, 0.2) is 0 Å². The number of anilines is 9. The van der Waals surface area contributed by atoms with Crippen molar-refractivity contribution >= 4 is 97.4 Å². The zero-order valence-electron chi connectivity index (χ0n) is 48.9. The van der Waals surface area contributed by atoms with Gasteiger partial charge in [-0.2, -0.15) is 0 Å². The van der Waals surface area contributed by atoms with E-state index in [0.717, 1.165) is 74.0 Å². The Balaban J connectivity index is 1.08. The van der Waals surface area contributed by atoms with Gasteiger partial charge < -0.3 is 19.1 Å². The van der Waals surface area contributed by atoms with Crippen LogP contribution in [-0.2, 0) is 16.2 Å². The largest absolute Gasteiger partial charge is 0.456 e. The van der Waals surface area contributed by atoms with Crippen LogP contribution in [0.1, 0.15) is 122 Å². The summed E-state index contributed by atoms with van der Waals surface area (Å²) in [6.07, 6.45) is 9.58. The highest BCUT2D eigenvalue weighted by Crippen LogP contribution is 2.50. The summed E-state index contributed by atoms with van der Waals surface area (Å²) in [5, 5.41) is 1.14. The van der Waals surface area contributed by atoms with Crippen molar-refractivity contribution in [1.82, 2.24) is 0 Å². The maximum atomic E-state index is 6.51. The topological polar surface area (TPSA) is 22.9 Å². The van der Waals surface area contributed by atoms with E-state index in [4.69, 9.17) is 4.42 Å². The van der Waals surface area contributed by atoms with E-state index < -0.39 is 0 Å². The molecule has 0 radical (unpaired) electrons. The fraction of sp³-hybridized carbons (Fsp3) is 0.211. The number of hydrogen-bond acceptors (Lipinski definition) is 4. The minimum Gasteiger partial charge on any atom is -0.456 e. The van der Waals surface area contributed by atoms with Crippen molar-refractivity contribution in [3.63, 3.8) is 0 Å². The maximum Gasteiger partial charge on any atom is 0.252 e. The molecule has 3 aliphatic rings. The monoisotopic (exact) mass is 1050 g/mol. The Morgan fingerprint density at radius 3 is 1.74 bits per heavy atom. The minimum atomic E-state index is -0.173. The van der Waals surface area contributed by atoms with Crippen LogP contribution in [0.3, 0.4) is 0 Å². The molecule has 4 nitrogen and oxygen atoms in total. The van der Waals surface area contributed by atoms with Gasteiger partial charge in [-0.05, 0) is 181 Å². The number of fused-ring (bicyclic) bond motifs is 7. The summed E-state index contributed by atoms with van der Waals surface area (Å²) < 4.78 is 6.51. The number of furan rings is 1. The fourth-order valence-corrected chi connectivity index (χ4v) is 12.5. The van der Waals surface area contributed by atoms with Gasteiger partial charge in [0.05, 0.1) is 5.69 Å². The predicted octanol–water partition coefficient (Wildman–Crippen LogP) is 19.8. The summed E-state index contributed by atoms with van der Waals surface area (Å²) in [5.41, 5.74) is 25.9. The van der Waals surface area contributed by atoms with E-state index in [1.807, 2.05) is 0 Å². The fourth-order valence-electron chi connectivity index (χ4n) is 12.5. The highest BCUT2D eigenvalue weighted by atomic mass is 16.3. The number of rotatable bonds is 8. The molecule has 0 bridgehead atoms. The van der Waals surface area contributed by atoms with Crippen molar-refractivity contribution in [2.24, 2.45) is 0 Å². The molecule has 0 unspecified atom stereocenters. The summed E-state index contributed by atoms with van der Waals surface area (Å²) in [4.78, 5) is 7.63. The first kappa shape index (κ1) is 51.9. The molecule has 0 atom stereocenters. The van der Waals surface area contributed by atoms with Gasteiger partial charge in [-0.25, -0.2) is 0 Å². The first-order valence-electron chi connectivity index (χ1n) is 29.1. The van der Waals surface area contributed by atoms with Crippen molar-refractivity contribution in [2.45, 2.75) is 105 Å². The molecule has 0 spiro atoms. The quantitative estimate of drug-likeness (QED) is 0.141. The van der Waals surface area contributed by atoms with E-state index in [2.05, 4.69) is 309 Å². The molecule has 13 rings (SSSR count). The summed E-state index contributed by atoms with van der Waals surface area (Å²) in [5.74, 6) is 1.34. The van der Waals surface area contributed by atoms with Crippen LogP contribution in [0.4, 0.5) is 51.2 Å². The molecule has 1 aromatic heterocycles. The van der Waals surface area contributed by atoms with E-state index in [1.165, 1.54) is 66.8 Å². The molecule has 0 fully saturated rings. The molecule has 0 saturated heterocycles. The maximum absolute atomic E-state index is 6.51. The Morgan fingerprint density at radius 2 is 1.07 bits per heavy atom. The van der Waals surface area contributed by atoms with Gasteiger partial charge in [-0.1, -0.05) is 198 Å². The summed E-state index contributed by atoms with van der Waals surface area (Å²) >= 11 is 0. The van der Waals surface area contributed by atoms with Crippen LogP contribution in [0.2, 0.25) is 0 Å². The molecule has 81 heavy (non-hydrogen) atoms. The standard InChI is InChI=1S/C76H72BN3O/c1-49(2)50-27-34-58(35-28-50)79-67-42-33-55(75(6,7)8)45-65(67)77-64-40-38-60(78(57-23-17-13-18-24-57)66-41-32-54(74(3,4)5)44-63(66)52-21-15-12-16-22-52)48-68(64)80(70-47-56(76(9,10)11)46-69(79)73(70)77)59-36-29-51(30-37-59)53-31-39-62-61-25-19-14-20-26-71(61)81-72(62)43-53/h12-13,15-49H,14H2,1-11H3. The molecule has 400 valence electrons. The Labute approximate surface area is 480 Å². The van der Waals surface area contributed by atoms with Crippen molar-refractivity contribution in [1.29, 1.82) is 0 Å². The lowest BCUT2D eigenvalue weighted by atomic mass is 9.33. The minimum absolute atomic E-state index is 0.0461. The van der Waals surface area contributed by atoms with Gasteiger partial charge in [0.2, 0.25) is 0 Å². The molecule has 1 aliphatic carbocycles. The van der Waals surface area contributed by atoms with Crippen LogP contribution < -0.4 is 31.1 Å². The van der Waals surface area contributed by atoms with E-state index in [0.29, 0.717) is 5.92 Å². The smallest absolute Gasteiger partial charge is 0.252 e. The first-order valence-corrected chi connectivity index (χ1v) is 29.1. The molecule has 0 N–H and O–H groups in total. The van der Waals surface area contributed by atoms with Crippen LogP contribution in [0.25, 0.3) is 45.4 Å². The van der Waals surface area contributed by atoms with Gasteiger partial charge in [0.25, 0.3) is 6.71 Å². The SMILES string of the molecule is CC(C)c1ccc(N2c3ccc(C(C)(C)C)cc3B3c4ccc(N(c5ccccc5)c5ccc(C(C)(C)C)cc5-c5ccccc5)cc4N(c4ccc(-c5ccc6c7c(oc6c5)C=CCC=C7)cc4)c4cc(C(C)(C)C)cc2c43)cc1. The number of para-hydroxylation sites is 1. The lowest BCUT2D eigenvalue weighted by Crippen LogP contribution is -2.61. The molecule has 2 aliphatic heterocycles. The highest BCUT2D eigenvalue weighted by Gasteiger charge is 2.45. The average Bonchev–Trinajstić information content (AvgIpc) is 2.17. The van der Waals surface area contributed by atoms with Gasteiger partial charge in [-0.15, -0.1) is 0 Å². The third-order valence-electron chi connectivity index (χ3n) is 17.1. The third-order valence-corrected chi connectivity index (χ3v) is 17.1. The van der Waals surface area contributed by atoms with Gasteiger partial charge in [0.1, 0.15) is 11.3 Å². The van der Waals surface area contributed by atoms with E-state index >= 15 is 0 Å². The Hall–Kier alpha value is -8.54. The van der Waals surface area contributed by atoms with Crippen molar-refractivity contribution < 1.29 is 4.42 Å². The van der Waals surface area contributed by atoms with Crippen LogP contribution in [0.15, 0.2) is 211 Å². The lowest BCUT2D eigenvalue weighted by Gasteiger charge is -2.45. The average molecular weight is 1050 g/mol. The third kappa shape index (κ3) is 9.21. The molecule has 0 amide bonds. The van der Waals surface area contributed by atoms with Gasteiger partial charge in [0, 0.05) is 62.0 Å². The predicted molar refractivity (Wildman–Crippen MR) is 349 cm³/mol. The second-order valence-electron chi connectivity index (χ2n) is 26.0. The van der Waals surface area contributed by atoms with Crippen LogP contribution in [-0.4, -0.2) is 6.71 Å². The van der Waals surface area contributed by atoms with E-state index in [-0.39, 0.29) is 23.0 Å². The van der Waals surface area contributed by atoms with Crippen LogP contribution in [0, 0.1) is 0 Å². The van der Waals surface area contributed by atoms with Crippen molar-refractivity contribution in [3.8, 4) is 22.3 Å². The first-order chi connectivity index (χ1) is 38.9. The zero-order chi connectivity index (χ0) is 56.1. The molecule has 9 aromatic carbocycles. The van der Waals surface area contributed by atoms with E-state index in [9.17, 15) is 0 Å². The van der Waals surface area contributed by atoms with Gasteiger partial charge >= 0.3 is 0 Å². The normalized spacial score (nSPS) is 13.8. The molecule has 3 heterocycles. The number of hydrogen-bond donors (Lipinski definition) is 0. The Bertz CT molecular complexity index is 4110. The Kier molecular flexibility index (Phi) is 12.6. The summed E-state index contributed by atoms with van der Waals surface area (Å²) in [6.45, 7) is 25.5. The van der Waals surface area contributed by atoms with Crippen molar-refractivity contribution in [2.75, 3.05) is 14.7 Å². The number of nitrogens with zero attached hydrogens (tertiary/aromatic N) is 3. The molecule has 5 heteroatoms. The van der Waals surface area contributed by atoms with Gasteiger partial charge in [-0.3, -0.25) is 0 Å². The molecule has 10 aromatic rings. The highest BCUT2D eigenvalue weighted by molar-refractivity contribution is 7.00. The number of benzene rings is 9. The number of allylic oxidation sites excluding steroid dienone is 2. The van der Waals surface area contributed by atoms with Crippen LogP contribution >= 0.6 is 0 Å². The lowest BCUT2D eigenvalue weighted by molar-refractivity contribution is 0.590. The summed E-state index contributed by atoms with van der Waals surface area (Å²) in [6, 6.07) is 73.9. The van der Waals surface area contributed by atoms with E-state index in [1.54, 1.807) is 0 Å². The van der Waals surface area contributed by atoms with Crippen molar-refractivity contribution in [3.05, 3.63) is 240 Å². The van der Waals surface area contributed by atoms with Crippen LogP contribution in [0.5, 0.6) is 0 Å². The summed E-state index contributed by atoms with van der Waals surface area (Å²) in [7, 11) is 0. The second-order valence-corrected chi connectivity index (χ2v) is 26.0. The second kappa shape index (κ2) is 19.6. The molecular weight excluding hydrogens is 982 g/mol. The Morgan fingerprint density at radius 1 is 0.469 bits per heavy atom. The molecule has 0 saturated carbocycles. The zero-order valence-corrected chi connectivity index (χ0v) is 48.9.